The van der Waals surface area contributed by atoms with Crippen molar-refractivity contribution in [1.82, 2.24) is 0 Å². The molecule has 0 N–H and O–H groups in total. The van der Waals surface area contributed by atoms with E-state index in [2.05, 4.69) is 56.7 Å². The molecule has 22 nitrogen and oxygen atoms in total. The van der Waals surface area contributed by atoms with Crippen LogP contribution in [0.15, 0.2) is 154 Å². The van der Waals surface area contributed by atoms with E-state index >= 15 is 0 Å². The highest BCUT2D eigenvalue weighted by Crippen LogP contribution is 2.43. The SMILES string of the molecule is C=C=COOCCCCOc1ccc(/C=C/C(=O)Oc2ccc(OC(=O)/C=C/c3ccc(OCCCCOC(=O)C=C)c(OCCCCOC(=O)C=C)c3OCCCCOOC=C=C)cc2)c(OCCCCOC(=O)C=C)c1OCCCCOOC=C=C. The van der Waals surface area contributed by atoms with Gasteiger partial charge in [0.1, 0.15) is 11.5 Å². The Hall–Kier alpha value is -9.65. The van der Waals surface area contributed by atoms with Gasteiger partial charge in [-0.05, 0) is 138 Å². The molecule has 0 aromatic heterocycles. The Morgan fingerprint density at radius 2 is 0.625 bits per heavy atom. The monoisotopic (exact) mass is 1220 g/mol. The van der Waals surface area contributed by atoms with Gasteiger partial charge in [0.05, 0.1) is 79.3 Å². The van der Waals surface area contributed by atoms with Crippen molar-refractivity contribution in [3.05, 3.63) is 165 Å². The molecule has 3 aromatic rings. The highest BCUT2D eigenvalue weighted by atomic mass is 17.2. The molecule has 0 fully saturated rings. The summed E-state index contributed by atoms with van der Waals surface area (Å²) in [5.74, 6) is -0.936. The number of hydrogen-bond donors (Lipinski definition) is 0. The molecule has 0 spiro atoms. The molecule has 3 aromatic carbocycles. The summed E-state index contributed by atoms with van der Waals surface area (Å²) in [6.45, 7) is 23.1. The molecule has 0 aliphatic carbocycles. The van der Waals surface area contributed by atoms with E-state index in [-0.39, 0.29) is 107 Å². The minimum absolute atomic E-state index is 0.145. The molecule has 474 valence electrons. The van der Waals surface area contributed by atoms with Crippen molar-refractivity contribution in [1.29, 1.82) is 0 Å². The summed E-state index contributed by atoms with van der Waals surface area (Å²) in [6, 6.07) is 12.6. The third kappa shape index (κ3) is 32.6. The predicted molar refractivity (Wildman–Crippen MR) is 323 cm³/mol. The smallest absolute Gasteiger partial charge is 0.336 e. The van der Waals surface area contributed by atoms with Crippen molar-refractivity contribution in [2.45, 2.75) is 77.0 Å². The molecular weight excluding hydrogens is 1140 g/mol. The summed E-state index contributed by atoms with van der Waals surface area (Å²) < 4.78 is 64.1. The Morgan fingerprint density at radius 1 is 0.341 bits per heavy atom. The molecule has 0 aliphatic heterocycles. The van der Waals surface area contributed by atoms with Crippen LogP contribution in [0.4, 0.5) is 0 Å². The lowest BCUT2D eigenvalue weighted by Crippen LogP contribution is -2.09. The van der Waals surface area contributed by atoms with Gasteiger partial charge in [0.15, 0.2) is 41.8 Å². The highest BCUT2D eigenvalue weighted by molar-refractivity contribution is 5.91. The molecule has 3 rings (SSSR count). The van der Waals surface area contributed by atoms with E-state index in [1.807, 2.05) is 0 Å². The first-order valence-electron chi connectivity index (χ1n) is 28.3. The van der Waals surface area contributed by atoms with E-state index in [1.54, 1.807) is 24.3 Å². The minimum Gasteiger partial charge on any atom is -0.490 e. The number of unbranched alkanes of at least 4 members (excludes halogenated alkanes) is 6. The Morgan fingerprint density at radius 3 is 0.932 bits per heavy atom. The number of esters is 5. The Balaban J connectivity index is 1.83. The summed E-state index contributed by atoms with van der Waals surface area (Å²) >= 11 is 0. The number of benzene rings is 3. The van der Waals surface area contributed by atoms with E-state index in [4.69, 9.17) is 81.4 Å². The van der Waals surface area contributed by atoms with Crippen LogP contribution in [0.25, 0.3) is 12.2 Å². The van der Waals surface area contributed by atoms with Crippen LogP contribution in [0.3, 0.4) is 0 Å². The van der Waals surface area contributed by atoms with Crippen LogP contribution in [-0.2, 0) is 67.5 Å². The lowest BCUT2D eigenvalue weighted by atomic mass is 10.1. The van der Waals surface area contributed by atoms with Crippen molar-refractivity contribution in [3.63, 3.8) is 0 Å². The van der Waals surface area contributed by atoms with E-state index < -0.39 is 29.8 Å². The first kappa shape index (κ1) is 72.6. The molecule has 0 unspecified atom stereocenters. The third-order valence-corrected chi connectivity index (χ3v) is 11.1. The van der Waals surface area contributed by atoms with Gasteiger partial charge in [-0.15, -0.1) is 0 Å². The van der Waals surface area contributed by atoms with E-state index in [1.165, 1.54) is 67.4 Å². The fourth-order valence-electron chi connectivity index (χ4n) is 6.88. The molecule has 0 heterocycles. The summed E-state index contributed by atoms with van der Waals surface area (Å²) in [6.07, 6.45) is 18.7. The number of rotatable bonds is 51. The molecular formula is C66H78O22. The molecule has 0 atom stereocenters. The van der Waals surface area contributed by atoms with Crippen LogP contribution in [-0.4, -0.2) is 109 Å². The van der Waals surface area contributed by atoms with Gasteiger partial charge in [-0.25, -0.2) is 24.0 Å². The summed E-state index contributed by atoms with van der Waals surface area (Å²) in [4.78, 5) is 91.1. The molecule has 88 heavy (non-hydrogen) atoms. The second kappa shape index (κ2) is 47.6. The van der Waals surface area contributed by atoms with Crippen LogP contribution in [0.2, 0.25) is 0 Å². The maximum absolute atomic E-state index is 13.4. The van der Waals surface area contributed by atoms with Crippen LogP contribution in [0, 0.1) is 0 Å². The molecule has 22 heteroatoms. The second-order valence-corrected chi connectivity index (χ2v) is 17.8. The van der Waals surface area contributed by atoms with Crippen molar-refractivity contribution < 1.29 is 105 Å². The average Bonchev–Trinajstić information content (AvgIpc) is 2.79. The molecule has 0 bridgehead atoms. The normalized spacial score (nSPS) is 10.4. The van der Waals surface area contributed by atoms with Crippen molar-refractivity contribution in [2.75, 3.05) is 79.3 Å². The van der Waals surface area contributed by atoms with Gasteiger partial charge in [-0.3, -0.25) is 0 Å². The Labute approximate surface area is 513 Å². The van der Waals surface area contributed by atoms with Gasteiger partial charge >= 0.3 is 29.8 Å². The van der Waals surface area contributed by atoms with Gasteiger partial charge in [0, 0.05) is 41.5 Å². The molecule has 0 amide bonds. The van der Waals surface area contributed by atoms with Crippen LogP contribution >= 0.6 is 0 Å². The number of hydrogen-bond acceptors (Lipinski definition) is 22. The summed E-state index contributed by atoms with van der Waals surface area (Å²) in [5, 5.41) is 0. The summed E-state index contributed by atoms with van der Waals surface area (Å²) in [5.41, 5.74) is 8.27. The van der Waals surface area contributed by atoms with E-state index in [0.29, 0.717) is 106 Å². The number of ether oxygens (including phenoxy) is 11. The maximum Gasteiger partial charge on any atom is 0.336 e. The second-order valence-electron chi connectivity index (χ2n) is 17.8. The fourth-order valence-corrected chi connectivity index (χ4v) is 6.88. The lowest BCUT2D eigenvalue weighted by Gasteiger charge is -2.19. The first-order chi connectivity index (χ1) is 43.1. The van der Waals surface area contributed by atoms with Gasteiger partial charge in [-0.2, -0.15) is 14.7 Å². The Kier molecular flexibility index (Phi) is 39.3. The average molecular weight is 1220 g/mol. The van der Waals surface area contributed by atoms with Crippen LogP contribution in [0.1, 0.15) is 88.2 Å². The lowest BCUT2D eigenvalue weighted by molar-refractivity contribution is -0.249. The molecule has 0 saturated heterocycles. The van der Waals surface area contributed by atoms with Gasteiger partial charge < -0.3 is 66.8 Å². The van der Waals surface area contributed by atoms with Crippen molar-refractivity contribution >= 4 is 42.0 Å². The zero-order chi connectivity index (χ0) is 63.5. The zero-order valence-corrected chi connectivity index (χ0v) is 49.6. The van der Waals surface area contributed by atoms with Crippen molar-refractivity contribution in [3.8, 4) is 46.0 Å². The van der Waals surface area contributed by atoms with E-state index in [0.717, 1.165) is 18.2 Å². The quantitative estimate of drug-likeness (QED) is 0.00587. The number of carbonyl (C=O) groups is 5. The van der Waals surface area contributed by atoms with Crippen LogP contribution in [0.5, 0.6) is 46.0 Å². The molecule has 0 radical (unpaired) electrons. The highest BCUT2D eigenvalue weighted by Gasteiger charge is 2.20. The fraction of sp³-hybridized carbons (Fsp3) is 0.364. The molecule has 0 aliphatic rings. The maximum atomic E-state index is 13.4. The predicted octanol–water partition coefficient (Wildman–Crippen LogP) is 11.8. The largest absolute Gasteiger partial charge is 0.490 e. The van der Waals surface area contributed by atoms with Crippen LogP contribution < -0.4 is 37.9 Å². The van der Waals surface area contributed by atoms with E-state index in [9.17, 15) is 24.0 Å². The first-order valence-corrected chi connectivity index (χ1v) is 28.3. The van der Waals surface area contributed by atoms with Gasteiger partial charge in [0.2, 0.25) is 11.5 Å². The van der Waals surface area contributed by atoms with Gasteiger partial charge in [-0.1, -0.05) is 56.7 Å². The van der Waals surface area contributed by atoms with Crippen molar-refractivity contribution in [2.24, 2.45) is 0 Å². The Bertz CT molecular complexity index is 2830. The summed E-state index contributed by atoms with van der Waals surface area (Å²) in [7, 11) is 0. The topological polar surface area (TPSA) is 242 Å². The zero-order valence-electron chi connectivity index (χ0n) is 49.6. The molecule has 0 saturated carbocycles. The number of carbonyl (C=O) groups excluding carboxylic acids is 5. The standard InChI is InChI=1S/C66H78O22/c1-7-37-81-84-49-22-19-41-73-57-34-26-52(63(77-45-17-15-43-75-59(68)11-5)66(57)80-48-21-24-51-86-83-39-9-3)27-35-61(70)87-54-29-31-55(32-30-54)88-62(71)36-28-53-25-33-56(72-40-13-14-42-74-58(67)10-4)65(79-47-18-16-44-76-60(69)12-6)64(53)78-46-20-23-50-85-82-38-8-2/h10-12,25-39H,1-6,13-24,40-51H2/b35-27+,36-28+. The third-order valence-electron chi connectivity index (χ3n) is 11.1. The van der Waals surface area contributed by atoms with Gasteiger partial charge in [0.25, 0.3) is 0 Å². The minimum atomic E-state index is -0.745.